The Hall–Kier alpha value is -1.11. The molecule has 6 nitrogen and oxygen atoms in total. The normalized spacial score (nSPS) is 14.4. The van der Waals surface area contributed by atoms with Gasteiger partial charge in [0.15, 0.2) is 0 Å². The molecule has 0 radical (unpaired) electrons. The second-order valence-corrected chi connectivity index (χ2v) is 5.68. The maximum atomic E-state index is 10.2. The molecule has 2 atom stereocenters. The van der Waals surface area contributed by atoms with Gasteiger partial charge in [-0.3, -0.25) is 9.59 Å². The lowest BCUT2D eigenvalue weighted by Gasteiger charge is -2.09. The van der Waals surface area contributed by atoms with Crippen molar-refractivity contribution >= 4 is 21.8 Å². The number of carboxylic acids is 2. The molecule has 0 aliphatic carbocycles. The van der Waals surface area contributed by atoms with Crippen molar-refractivity contribution in [1.29, 1.82) is 0 Å². The van der Waals surface area contributed by atoms with Gasteiger partial charge in [-0.2, -0.15) is 0 Å². The van der Waals surface area contributed by atoms with Crippen LogP contribution in [0.4, 0.5) is 0 Å². The van der Waals surface area contributed by atoms with Crippen molar-refractivity contribution in [3.8, 4) is 0 Å². The lowest BCUT2D eigenvalue weighted by atomic mass is 9.97. The first-order valence-electron chi connectivity index (χ1n) is 4.07. The van der Waals surface area contributed by atoms with Gasteiger partial charge in [-0.1, -0.05) is 13.8 Å². The smallest absolute Gasteiger partial charge is 0.307 e. The van der Waals surface area contributed by atoms with Crippen molar-refractivity contribution in [3.05, 3.63) is 0 Å². The van der Waals surface area contributed by atoms with Crippen LogP contribution in [0.25, 0.3) is 0 Å². The molecule has 0 rings (SSSR count). The first-order chi connectivity index (χ1) is 6.46. The molecular weight excluding hydrogens is 224 g/mol. The molecule has 0 aromatic heterocycles. The molecule has 90 valence electrons. The fraction of sp³-hybridized carbons (Fsp3) is 0.750. The van der Waals surface area contributed by atoms with Gasteiger partial charge in [-0.15, -0.1) is 0 Å². The monoisotopic (exact) mass is 240 g/mol. The molecule has 2 N–H and O–H groups in total. The summed E-state index contributed by atoms with van der Waals surface area (Å²) in [7, 11) is -2.67. The van der Waals surface area contributed by atoms with E-state index in [0.717, 1.165) is 12.5 Å². The van der Waals surface area contributed by atoms with E-state index in [4.69, 9.17) is 10.2 Å². The van der Waals surface area contributed by atoms with Crippen LogP contribution in [0, 0.1) is 11.8 Å². The molecule has 0 saturated carbocycles. The average Bonchev–Trinajstić information content (AvgIpc) is 1.98. The van der Waals surface area contributed by atoms with E-state index < -0.39 is 33.6 Å². The van der Waals surface area contributed by atoms with Crippen LogP contribution in [0.3, 0.4) is 0 Å². The van der Waals surface area contributed by atoms with Crippen LogP contribution in [0.15, 0.2) is 0 Å². The predicted octanol–water partition coefficient (Wildman–Crippen LogP) is 0.0886. The SMILES string of the molecule is CC(C(=O)O)C(C)C(=O)O.CS(C)(=O)=O. The van der Waals surface area contributed by atoms with E-state index in [1.165, 1.54) is 13.8 Å². The minimum Gasteiger partial charge on any atom is -0.481 e. The highest BCUT2D eigenvalue weighted by atomic mass is 32.2. The molecular formula is C8H16O6S. The summed E-state index contributed by atoms with van der Waals surface area (Å²) < 4.78 is 19.3. The summed E-state index contributed by atoms with van der Waals surface area (Å²) in [4.78, 5) is 20.4. The van der Waals surface area contributed by atoms with Gasteiger partial charge in [0.2, 0.25) is 0 Å². The molecule has 0 fully saturated rings. The van der Waals surface area contributed by atoms with Crippen LogP contribution < -0.4 is 0 Å². The van der Waals surface area contributed by atoms with Crippen molar-refractivity contribution in [1.82, 2.24) is 0 Å². The van der Waals surface area contributed by atoms with E-state index in [0.29, 0.717) is 0 Å². The summed E-state index contributed by atoms with van der Waals surface area (Å²) in [5.41, 5.74) is 0. The van der Waals surface area contributed by atoms with Gasteiger partial charge in [0, 0.05) is 12.5 Å². The fourth-order valence-corrected chi connectivity index (χ4v) is 0.428. The van der Waals surface area contributed by atoms with Crippen molar-refractivity contribution in [2.75, 3.05) is 12.5 Å². The Labute approximate surface area is 88.8 Å². The topological polar surface area (TPSA) is 109 Å². The van der Waals surface area contributed by atoms with E-state index in [9.17, 15) is 18.0 Å². The Morgan fingerprint density at radius 2 is 1.07 bits per heavy atom. The summed E-state index contributed by atoms with van der Waals surface area (Å²) >= 11 is 0. The summed E-state index contributed by atoms with van der Waals surface area (Å²) in [5.74, 6) is -3.79. The molecule has 15 heavy (non-hydrogen) atoms. The van der Waals surface area contributed by atoms with Gasteiger partial charge < -0.3 is 10.2 Å². The van der Waals surface area contributed by atoms with E-state index in [1.807, 2.05) is 0 Å². The Balaban J connectivity index is 0. The molecule has 0 aliphatic rings. The molecule has 0 heterocycles. The number of aliphatic carboxylic acids is 2. The maximum Gasteiger partial charge on any atom is 0.307 e. The standard InChI is InChI=1S/C6H10O4.C2H6O2S/c1-3(5(7)8)4(2)6(9)10;1-5(2,3)4/h3-4H,1-2H3,(H,7,8)(H,9,10);1-2H3. The minimum absolute atomic E-state index is 0.822. The number of sulfone groups is 1. The van der Waals surface area contributed by atoms with Crippen molar-refractivity contribution < 1.29 is 28.2 Å². The Bertz CT molecular complexity index is 292. The van der Waals surface area contributed by atoms with Crippen molar-refractivity contribution in [2.24, 2.45) is 11.8 Å². The molecule has 2 unspecified atom stereocenters. The molecule has 0 bridgehead atoms. The molecule has 0 aromatic carbocycles. The van der Waals surface area contributed by atoms with Crippen LogP contribution in [0.5, 0.6) is 0 Å². The molecule has 0 aliphatic heterocycles. The van der Waals surface area contributed by atoms with Crippen LogP contribution >= 0.6 is 0 Å². The largest absolute Gasteiger partial charge is 0.481 e. The molecule has 0 aromatic rings. The number of carboxylic acid groups (broad SMARTS) is 2. The van der Waals surface area contributed by atoms with Gasteiger partial charge in [0.1, 0.15) is 9.84 Å². The maximum absolute atomic E-state index is 10.2. The summed E-state index contributed by atoms with van der Waals surface area (Å²) in [6.07, 6.45) is 2.32. The molecule has 0 saturated heterocycles. The highest BCUT2D eigenvalue weighted by Crippen LogP contribution is 2.10. The third-order valence-electron chi connectivity index (χ3n) is 1.53. The number of carbonyl (C=O) groups is 2. The van der Waals surface area contributed by atoms with Gasteiger partial charge >= 0.3 is 11.9 Å². The Morgan fingerprint density at radius 3 is 1.13 bits per heavy atom. The van der Waals surface area contributed by atoms with Crippen LogP contribution in [-0.4, -0.2) is 43.1 Å². The van der Waals surface area contributed by atoms with Crippen LogP contribution in [0.2, 0.25) is 0 Å². The van der Waals surface area contributed by atoms with Crippen molar-refractivity contribution in [2.45, 2.75) is 13.8 Å². The summed E-state index contributed by atoms with van der Waals surface area (Å²) in [5, 5.41) is 16.7. The van der Waals surface area contributed by atoms with Gasteiger partial charge in [0.05, 0.1) is 11.8 Å². The lowest BCUT2D eigenvalue weighted by Crippen LogP contribution is -2.24. The van der Waals surface area contributed by atoms with Gasteiger partial charge in [-0.25, -0.2) is 8.42 Å². The highest BCUT2D eigenvalue weighted by Gasteiger charge is 2.24. The zero-order chi connectivity index (χ0) is 12.8. The number of hydrogen-bond donors (Lipinski definition) is 2. The van der Waals surface area contributed by atoms with Crippen molar-refractivity contribution in [3.63, 3.8) is 0 Å². The van der Waals surface area contributed by atoms with Crippen LogP contribution in [-0.2, 0) is 19.4 Å². The zero-order valence-corrected chi connectivity index (χ0v) is 9.91. The first-order valence-corrected chi connectivity index (χ1v) is 6.37. The summed E-state index contributed by atoms with van der Waals surface area (Å²) in [6, 6.07) is 0. The fourth-order valence-electron chi connectivity index (χ4n) is 0.428. The average molecular weight is 240 g/mol. The van der Waals surface area contributed by atoms with Gasteiger partial charge in [0.25, 0.3) is 0 Å². The second-order valence-electron chi connectivity index (χ2n) is 3.40. The van der Waals surface area contributed by atoms with E-state index >= 15 is 0 Å². The van der Waals surface area contributed by atoms with E-state index in [2.05, 4.69) is 0 Å². The van der Waals surface area contributed by atoms with Crippen LogP contribution in [0.1, 0.15) is 13.8 Å². The third-order valence-corrected chi connectivity index (χ3v) is 1.53. The second kappa shape index (κ2) is 6.39. The lowest BCUT2D eigenvalue weighted by molar-refractivity contribution is -0.152. The molecule has 0 amide bonds. The molecule has 7 heteroatoms. The Morgan fingerprint density at radius 1 is 0.933 bits per heavy atom. The zero-order valence-electron chi connectivity index (χ0n) is 9.09. The highest BCUT2D eigenvalue weighted by molar-refractivity contribution is 7.89. The Kier molecular flexibility index (Phi) is 6.95. The summed E-state index contributed by atoms with van der Waals surface area (Å²) in [6.45, 7) is 2.75. The molecule has 0 spiro atoms. The van der Waals surface area contributed by atoms with E-state index in [1.54, 1.807) is 0 Å². The predicted molar refractivity (Wildman–Crippen MR) is 54.4 cm³/mol. The minimum atomic E-state index is -2.67. The van der Waals surface area contributed by atoms with E-state index in [-0.39, 0.29) is 0 Å². The quantitative estimate of drug-likeness (QED) is 0.723. The first kappa shape index (κ1) is 16.3. The third kappa shape index (κ3) is 12.9. The van der Waals surface area contributed by atoms with Gasteiger partial charge in [-0.05, 0) is 0 Å². The number of rotatable bonds is 3. The number of hydrogen-bond acceptors (Lipinski definition) is 4.